The molecule has 0 unspecified atom stereocenters. The molecule has 0 saturated heterocycles. The van der Waals surface area contributed by atoms with Gasteiger partial charge in [-0.2, -0.15) is 5.10 Å². The molecule has 0 spiro atoms. The number of carbonyl (C=O) groups is 1. The van der Waals surface area contributed by atoms with Crippen LogP contribution in [-0.2, 0) is 6.61 Å². The van der Waals surface area contributed by atoms with Gasteiger partial charge in [-0.25, -0.2) is 10.4 Å². The van der Waals surface area contributed by atoms with Gasteiger partial charge in [-0.1, -0.05) is 76.6 Å². The largest absolute Gasteiger partial charge is 0.493 e. The van der Waals surface area contributed by atoms with E-state index in [0.717, 1.165) is 37.8 Å². The SMILES string of the molecule is COc1cc(/C=N/NC(=O)c2cc(-c3ccccc3)nc3ccccc23)cc(Br)c1OCc1ccc(Br)cc1. The smallest absolute Gasteiger partial charge is 0.272 e. The number of hydrogen-bond acceptors (Lipinski definition) is 5. The number of nitrogens with zero attached hydrogens (tertiary/aromatic N) is 2. The first-order chi connectivity index (χ1) is 19.0. The van der Waals surface area contributed by atoms with Crippen LogP contribution in [0.25, 0.3) is 22.2 Å². The summed E-state index contributed by atoms with van der Waals surface area (Å²) in [5, 5.41) is 4.96. The Balaban J connectivity index is 1.34. The van der Waals surface area contributed by atoms with Crippen molar-refractivity contribution in [3.05, 3.63) is 123 Å². The number of hydrogen-bond donors (Lipinski definition) is 1. The molecule has 0 bridgehead atoms. The Hall–Kier alpha value is -4.01. The summed E-state index contributed by atoms with van der Waals surface area (Å²) in [5.41, 5.74) is 7.28. The molecule has 1 heterocycles. The Morgan fingerprint density at radius 2 is 1.69 bits per heavy atom. The molecule has 0 aliphatic heterocycles. The van der Waals surface area contributed by atoms with Crippen molar-refractivity contribution in [1.29, 1.82) is 0 Å². The predicted octanol–water partition coefficient (Wildman–Crippen LogP) is 7.78. The van der Waals surface area contributed by atoms with Crippen LogP contribution in [0.2, 0.25) is 0 Å². The molecule has 6 nitrogen and oxygen atoms in total. The Morgan fingerprint density at radius 3 is 2.46 bits per heavy atom. The van der Waals surface area contributed by atoms with Gasteiger partial charge in [0.2, 0.25) is 0 Å². The van der Waals surface area contributed by atoms with E-state index in [-0.39, 0.29) is 5.91 Å². The van der Waals surface area contributed by atoms with Gasteiger partial charge < -0.3 is 9.47 Å². The van der Waals surface area contributed by atoms with E-state index in [1.54, 1.807) is 25.5 Å². The number of fused-ring (bicyclic) bond motifs is 1. The molecule has 1 aromatic heterocycles. The third-order valence-corrected chi connectivity index (χ3v) is 7.08. The van der Waals surface area contributed by atoms with Crippen molar-refractivity contribution in [3.63, 3.8) is 0 Å². The van der Waals surface area contributed by atoms with E-state index in [9.17, 15) is 4.79 Å². The van der Waals surface area contributed by atoms with Gasteiger partial charge in [0, 0.05) is 15.4 Å². The number of ether oxygens (including phenoxy) is 2. The number of aromatic nitrogens is 1. The second-order valence-electron chi connectivity index (χ2n) is 8.59. The molecule has 0 saturated carbocycles. The molecule has 0 fully saturated rings. The molecule has 0 aliphatic rings. The van der Waals surface area contributed by atoms with Crippen LogP contribution in [0.15, 0.2) is 111 Å². The summed E-state index contributed by atoms with van der Waals surface area (Å²) in [6.07, 6.45) is 1.56. The molecule has 5 rings (SSSR count). The molecular formula is C31H23Br2N3O3. The number of amides is 1. The lowest BCUT2D eigenvalue weighted by atomic mass is 10.0. The zero-order valence-corrected chi connectivity index (χ0v) is 24.1. The first kappa shape index (κ1) is 26.6. The summed E-state index contributed by atoms with van der Waals surface area (Å²) < 4.78 is 13.3. The molecule has 0 aliphatic carbocycles. The van der Waals surface area contributed by atoms with Crippen LogP contribution in [0, 0.1) is 0 Å². The number of hydrazone groups is 1. The first-order valence-electron chi connectivity index (χ1n) is 12.0. The van der Waals surface area contributed by atoms with Gasteiger partial charge in [0.05, 0.1) is 34.6 Å². The quantitative estimate of drug-likeness (QED) is 0.138. The zero-order chi connectivity index (χ0) is 27.2. The zero-order valence-electron chi connectivity index (χ0n) is 20.9. The minimum Gasteiger partial charge on any atom is -0.493 e. The van der Waals surface area contributed by atoms with Crippen LogP contribution in [0.1, 0.15) is 21.5 Å². The Kier molecular flexibility index (Phi) is 8.34. The van der Waals surface area contributed by atoms with Crippen LogP contribution in [0.4, 0.5) is 0 Å². The first-order valence-corrected chi connectivity index (χ1v) is 13.6. The van der Waals surface area contributed by atoms with Crippen molar-refractivity contribution < 1.29 is 14.3 Å². The van der Waals surface area contributed by atoms with E-state index >= 15 is 0 Å². The molecule has 5 aromatic rings. The molecule has 8 heteroatoms. The Morgan fingerprint density at radius 1 is 0.949 bits per heavy atom. The fraction of sp³-hybridized carbons (Fsp3) is 0.0645. The molecule has 0 atom stereocenters. The second-order valence-corrected chi connectivity index (χ2v) is 10.4. The highest BCUT2D eigenvalue weighted by atomic mass is 79.9. The Labute approximate surface area is 243 Å². The number of pyridine rings is 1. The van der Waals surface area contributed by atoms with Gasteiger partial charge in [-0.05, 0) is 63.5 Å². The highest BCUT2D eigenvalue weighted by molar-refractivity contribution is 9.10. The van der Waals surface area contributed by atoms with Crippen LogP contribution in [0.3, 0.4) is 0 Å². The average molecular weight is 645 g/mol. The van der Waals surface area contributed by atoms with E-state index < -0.39 is 0 Å². The molecule has 1 amide bonds. The maximum atomic E-state index is 13.2. The number of para-hydroxylation sites is 1. The van der Waals surface area contributed by atoms with Crippen LogP contribution >= 0.6 is 31.9 Å². The van der Waals surface area contributed by atoms with E-state index in [1.807, 2.05) is 84.9 Å². The van der Waals surface area contributed by atoms with Crippen molar-refractivity contribution in [3.8, 4) is 22.8 Å². The molecule has 194 valence electrons. The van der Waals surface area contributed by atoms with E-state index in [4.69, 9.17) is 14.5 Å². The molecule has 1 N–H and O–H groups in total. The third-order valence-electron chi connectivity index (χ3n) is 5.96. The molecule has 4 aromatic carbocycles. The highest BCUT2D eigenvalue weighted by Gasteiger charge is 2.14. The number of benzene rings is 4. The highest BCUT2D eigenvalue weighted by Crippen LogP contribution is 2.37. The van der Waals surface area contributed by atoms with Crippen molar-refractivity contribution in [2.45, 2.75) is 6.61 Å². The van der Waals surface area contributed by atoms with Crippen LogP contribution in [-0.4, -0.2) is 24.2 Å². The Bertz CT molecular complexity index is 1660. The van der Waals surface area contributed by atoms with Crippen molar-refractivity contribution >= 4 is 54.9 Å². The summed E-state index contributed by atoms with van der Waals surface area (Å²) in [7, 11) is 1.58. The van der Waals surface area contributed by atoms with Gasteiger partial charge in [-0.15, -0.1) is 0 Å². The summed E-state index contributed by atoms with van der Waals surface area (Å²) in [4.78, 5) is 17.9. The van der Waals surface area contributed by atoms with E-state index in [1.165, 1.54) is 0 Å². The van der Waals surface area contributed by atoms with Crippen molar-refractivity contribution in [1.82, 2.24) is 10.4 Å². The van der Waals surface area contributed by atoms with Crippen molar-refractivity contribution in [2.75, 3.05) is 7.11 Å². The van der Waals surface area contributed by atoms with Gasteiger partial charge in [0.25, 0.3) is 5.91 Å². The maximum absolute atomic E-state index is 13.2. The van der Waals surface area contributed by atoms with E-state index in [2.05, 4.69) is 42.4 Å². The fourth-order valence-corrected chi connectivity index (χ4v) is 4.87. The predicted molar refractivity (Wildman–Crippen MR) is 161 cm³/mol. The lowest BCUT2D eigenvalue weighted by Gasteiger charge is -2.13. The minimum absolute atomic E-state index is 0.331. The standard InChI is InChI=1S/C31H23Br2N3O3/c1-38-29-16-21(15-26(33)30(29)39-19-20-11-13-23(32)14-12-20)18-34-36-31(37)25-17-28(22-7-3-2-4-8-22)35-27-10-6-5-9-24(25)27/h2-18H,19H2,1H3,(H,36,37)/b34-18+. The summed E-state index contributed by atoms with van der Waals surface area (Å²) >= 11 is 7.01. The monoisotopic (exact) mass is 643 g/mol. The lowest BCUT2D eigenvalue weighted by molar-refractivity contribution is 0.0956. The number of carbonyl (C=O) groups excluding carboxylic acids is 1. The summed E-state index contributed by atoms with van der Waals surface area (Å²) in [6, 6.07) is 30.7. The van der Waals surface area contributed by atoms with Crippen LogP contribution in [0.5, 0.6) is 11.5 Å². The number of nitrogens with one attached hydrogen (secondary N) is 1. The van der Waals surface area contributed by atoms with Gasteiger partial charge in [0.1, 0.15) is 6.61 Å². The number of rotatable bonds is 8. The third kappa shape index (κ3) is 6.35. The molecule has 39 heavy (non-hydrogen) atoms. The summed E-state index contributed by atoms with van der Waals surface area (Å²) in [6.45, 7) is 0.386. The van der Waals surface area contributed by atoms with Gasteiger partial charge in [0.15, 0.2) is 11.5 Å². The maximum Gasteiger partial charge on any atom is 0.272 e. The second kappa shape index (κ2) is 12.2. The van der Waals surface area contributed by atoms with Gasteiger partial charge in [-0.3, -0.25) is 4.79 Å². The molecular weight excluding hydrogens is 622 g/mol. The normalized spacial score (nSPS) is 11.1. The fourth-order valence-electron chi connectivity index (χ4n) is 4.04. The topological polar surface area (TPSA) is 72.8 Å². The molecule has 0 radical (unpaired) electrons. The number of methoxy groups -OCH3 is 1. The van der Waals surface area contributed by atoms with Crippen molar-refractivity contribution in [2.24, 2.45) is 5.10 Å². The number of halogens is 2. The average Bonchev–Trinajstić information content (AvgIpc) is 2.97. The van der Waals surface area contributed by atoms with Crippen LogP contribution < -0.4 is 14.9 Å². The van der Waals surface area contributed by atoms with E-state index in [0.29, 0.717) is 28.1 Å². The minimum atomic E-state index is -0.331. The lowest BCUT2D eigenvalue weighted by Crippen LogP contribution is -2.18. The summed E-state index contributed by atoms with van der Waals surface area (Å²) in [5.74, 6) is 0.794. The van der Waals surface area contributed by atoms with Gasteiger partial charge >= 0.3 is 0 Å².